The summed E-state index contributed by atoms with van der Waals surface area (Å²) in [5, 5.41) is 0.491. The van der Waals surface area contributed by atoms with Crippen LogP contribution in [0.2, 0.25) is 5.02 Å². The van der Waals surface area contributed by atoms with Gasteiger partial charge in [-0.2, -0.15) is 4.31 Å². The molecular weight excluding hydrogens is 426 g/mol. The van der Waals surface area contributed by atoms with E-state index in [1.165, 1.54) is 21.3 Å². The summed E-state index contributed by atoms with van der Waals surface area (Å²) < 4.78 is 27.2. The lowest BCUT2D eigenvalue weighted by atomic mass is 9.62. The van der Waals surface area contributed by atoms with Gasteiger partial charge in [0.2, 0.25) is 21.8 Å². The number of quaternary nitrogens is 1. The highest BCUT2D eigenvalue weighted by Gasteiger charge is 2.64. The van der Waals surface area contributed by atoms with Crippen molar-refractivity contribution >= 4 is 33.4 Å². The van der Waals surface area contributed by atoms with E-state index in [2.05, 4.69) is 0 Å². The van der Waals surface area contributed by atoms with Crippen molar-refractivity contribution in [1.29, 1.82) is 0 Å². The van der Waals surface area contributed by atoms with Gasteiger partial charge in [-0.15, -0.1) is 0 Å². The van der Waals surface area contributed by atoms with Gasteiger partial charge in [0.25, 0.3) is 0 Å². The number of nitrogens with zero attached hydrogens (tertiary/aromatic N) is 2. The van der Waals surface area contributed by atoms with E-state index in [4.69, 9.17) is 11.6 Å². The van der Waals surface area contributed by atoms with Gasteiger partial charge in [0.15, 0.2) is 6.67 Å². The molecule has 9 heteroatoms. The fraction of sp³-hybridized carbons (Fsp3) is 0.619. The van der Waals surface area contributed by atoms with Crippen LogP contribution in [0.1, 0.15) is 33.6 Å². The summed E-state index contributed by atoms with van der Waals surface area (Å²) in [5.41, 5.74) is -0.830. The SMILES string of the molecule is CC1(C)[C@@H]2CC[C@@]1(C)C(=O)N(C[NH+]1CCN(S(=O)(=O)c3ccc(Cl)cc3)CC1)C2=O. The van der Waals surface area contributed by atoms with Crippen LogP contribution >= 0.6 is 11.6 Å². The first-order chi connectivity index (χ1) is 14.0. The van der Waals surface area contributed by atoms with Crippen LogP contribution in [0.3, 0.4) is 0 Å². The van der Waals surface area contributed by atoms with Crippen LogP contribution in [0.5, 0.6) is 0 Å². The van der Waals surface area contributed by atoms with E-state index in [1.54, 1.807) is 12.1 Å². The quantitative estimate of drug-likeness (QED) is 0.688. The number of carbonyl (C=O) groups is 2. The van der Waals surface area contributed by atoms with Crippen molar-refractivity contribution in [2.45, 2.75) is 38.5 Å². The van der Waals surface area contributed by atoms with Crippen LogP contribution in [0.25, 0.3) is 0 Å². The van der Waals surface area contributed by atoms with Gasteiger partial charge in [-0.25, -0.2) is 13.3 Å². The maximum Gasteiger partial charge on any atom is 0.243 e. The number of likely N-dealkylation sites (tertiary alicyclic amines) is 1. The van der Waals surface area contributed by atoms with Gasteiger partial charge in [-0.1, -0.05) is 32.4 Å². The predicted octanol–water partition coefficient (Wildman–Crippen LogP) is 0.998. The number of nitrogens with one attached hydrogen (secondary N) is 1. The Hall–Kier alpha value is -1.48. The third kappa shape index (κ3) is 3.20. The van der Waals surface area contributed by atoms with E-state index in [0.29, 0.717) is 37.9 Å². The number of piperidine rings is 1. The standard InChI is InChI=1S/C21H28ClN3O4S/c1-20(2)17-8-9-21(20,3)19(27)25(18(17)26)14-23-10-12-24(13-11-23)30(28,29)16-6-4-15(22)5-7-16/h4-7,17H,8-14H2,1-3H3/p+1/t17-,21+/m1/s1. The fourth-order valence-electron chi connectivity index (χ4n) is 5.23. The Balaban J connectivity index is 1.43. The molecule has 1 N–H and O–H groups in total. The van der Waals surface area contributed by atoms with Crippen molar-refractivity contribution in [2.24, 2.45) is 16.7 Å². The fourth-order valence-corrected chi connectivity index (χ4v) is 6.80. The van der Waals surface area contributed by atoms with Crippen LogP contribution in [0.4, 0.5) is 0 Å². The van der Waals surface area contributed by atoms with E-state index < -0.39 is 15.4 Å². The Kier molecular flexibility index (Phi) is 5.28. The van der Waals surface area contributed by atoms with Gasteiger partial charge in [0.1, 0.15) is 0 Å². The summed E-state index contributed by atoms with van der Waals surface area (Å²) in [4.78, 5) is 29.0. The number of piperazine rings is 1. The second-order valence-corrected chi connectivity index (χ2v) is 11.9. The molecule has 30 heavy (non-hydrogen) atoms. The normalized spacial score (nSPS) is 30.1. The summed E-state index contributed by atoms with van der Waals surface area (Å²) in [5.74, 6) is -0.259. The Morgan fingerprint density at radius 1 is 1.10 bits per heavy atom. The van der Waals surface area contributed by atoms with Crippen LogP contribution in [0, 0.1) is 16.7 Å². The lowest BCUT2D eigenvalue weighted by Gasteiger charge is -2.48. The topological polar surface area (TPSA) is 79.2 Å². The van der Waals surface area contributed by atoms with E-state index in [9.17, 15) is 18.0 Å². The minimum absolute atomic E-state index is 0.0660. The molecule has 2 atom stereocenters. The molecule has 0 aromatic heterocycles. The molecule has 164 valence electrons. The number of rotatable bonds is 4. The average molecular weight is 455 g/mol. The first-order valence-electron chi connectivity index (χ1n) is 10.4. The lowest BCUT2D eigenvalue weighted by molar-refractivity contribution is -0.911. The molecule has 3 fully saturated rings. The number of hydrogen-bond donors (Lipinski definition) is 1. The largest absolute Gasteiger partial charge is 0.315 e. The maximum atomic E-state index is 13.2. The van der Waals surface area contributed by atoms with Crippen molar-refractivity contribution in [3.8, 4) is 0 Å². The molecule has 0 radical (unpaired) electrons. The number of amides is 2. The summed E-state index contributed by atoms with van der Waals surface area (Å²) >= 11 is 5.86. The molecule has 7 nitrogen and oxygen atoms in total. The second kappa shape index (κ2) is 7.29. The number of benzene rings is 1. The molecule has 2 amide bonds. The highest BCUT2D eigenvalue weighted by atomic mass is 35.5. The van der Waals surface area contributed by atoms with Crippen molar-refractivity contribution in [1.82, 2.24) is 9.21 Å². The van der Waals surface area contributed by atoms with E-state index in [0.717, 1.165) is 17.7 Å². The van der Waals surface area contributed by atoms with Gasteiger partial charge in [0.05, 0.1) is 36.5 Å². The number of hydrogen-bond acceptors (Lipinski definition) is 4. The smallest absolute Gasteiger partial charge is 0.243 e. The minimum atomic E-state index is -3.58. The predicted molar refractivity (Wildman–Crippen MR) is 112 cm³/mol. The Morgan fingerprint density at radius 2 is 1.70 bits per heavy atom. The van der Waals surface area contributed by atoms with E-state index in [-0.39, 0.29) is 28.0 Å². The van der Waals surface area contributed by atoms with Gasteiger partial charge in [-0.3, -0.25) is 9.59 Å². The van der Waals surface area contributed by atoms with Gasteiger partial charge in [0, 0.05) is 10.9 Å². The molecule has 4 rings (SSSR count). The Bertz CT molecular complexity index is 970. The van der Waals surface area contributed by atoms with Crippen LogP contribution in [-0.4, -0.2) is 62.3 Å². The number of halogens is 1. The summed E-state index contributed by atoms with van der Waals surface area (Å²) in [6.45, 7) is 8.17. The molecule has 2 heterocycles. The third-order valence-corrected chi connectivity index (χ3v) is 9.94. The zero-order valence-electron chi connectivity index (χ0n) is 17.7. The minimum Gasteiger partial charge on any atom is -0.315 e. The van der Waals surface area contributed by atoms with Crippen molar-refractivity contribution in [3.05, 3.63) is 29.3 Å². The third-order valence-electron chi connectivity index (χ3n) is 7.77. The van der Waals surface area contributed by atoms with Gasteiger partial charge >= 0.3 is 0 Å². The first kappa shape index (κ1) is 21.7. The zero-order valence-corrected chi connectivity index (χ0v) is 19.2. The monoisotopic (exact) mass is 454 g/mol. The number of sulfonamides is 1. The van der Waals surface area contributed by atoms with Gasteiger partial charge in [-0.05, 0) is 42.5 Å². The summed E-state index contributed by atoms with van der Waals surface area (Å²) in [7, 11) is -3.58. The van der Waals surface area contributed by atoms with Crippen LogP contribution in [0.15, 0.2) is 29.2 Å². The highest BCUT2D eigenvalue weighted by Crippen LogP contribution is 2.59. The van der Waals surface area contributed by atoms with E-state index in [1.807, 2.05) is 20.8 Å². The zero-order chi connectivity index (χ0) is 21.9. The molecule has 0 unspecified atom stereocenters. The molecule has 2 saturated heterocycles. The second-order valence-electron chi connectivity index (χ2n) is 9.48. The number of carbonyl (C=O) groups excluding carboxylic acids is 2. The molecule has 1 aromatic rings. The summed E-state index contributed by atoms with van der Waals surface area (Å²) in [6.07, 6.45) is 1.50. The molecule has 1 saturated carbocycles. The van der Waals surface area contributed by atoms with Crippen molar-refractivity contribution in [3.63, 3.8) is 0 Å². The molecule has 1 aromatic carbocycles. The Morgan fingerprint density at radius 3 is 2.30 bits per heavy atom. The van der Waals surface area contributed by atoms with Crippen LogP contribution in [-0.2, 0) is 19.6 Å². The number of fused-ring (bicyclic) bond motifs is 2. The lowest BCUT2D eigenvalue weighted by Crippen LogP contribution is -3.16. The molecule has 1 aliphatic carbocycles. The Labute approximate surface area is 183 Å². The summed E-state index contributed by atoms with van der Waals surface area (Å²) in [6, 6.07) is 6.17. The van der Waals surface area contributed by atoms with Crippen LogP contribution < -0.4 is 4.90 Å². The average Bonchev–Trinajstić information content (AvgIpc) is 2.90. The first-order valence-corrected chi connectivity index (χ1v) is 12.3. The molecular formula is C21H29ClN3O4S+. The van der Waals surface area contributed by atoms with Gasteiger partial charge < -0.3 is 4.90 Å². The van der Waals surface area contributed by atoms with Crippen molar-refractivity contribution < 1.29 is 22.9 Å². The van der Waals surface area contributed by atoms with Crippen molar-refractivity contribution in [2.75, 3.05) is 32.8 Å². The number of imide groups is 1. The molecule has 2 bridgehead atoms. The molecule has 3 aliphatic rings. The van der Waals surface area contributed by atoms with E-state index >= 15 is 0 Å². The maximum absolute atomic E-state index is 13.2. The molecule has 0 spiro atoms. The molecule has 2 aliphatic heterocycles. The highest BCUT2D eigenvalue weighted by molar-refractivity contribution is 7.89.